The smallest absolute Gasteiger partial charge is 0.147 e. The van der Waals surface area contributed by atoms with E-state index in [0.717, 1.165) is 45.8 Å². The molecule has 0 unspecified atom stereocenters. The lowest BCUT2D eigenvalue weighted by atomic mass is 9.94. The minimum Gasteiger partial charge on any atom is -0.275 e. The van der Waals surface area contributed by atoms with Crippen molar-refractivity contribution >= 4 is 38.5 Å². The Morgan fingerprint density at radius 3 is 2.46 bits per heavy atom. The number of hydrogen-bond acceptors (Lipinski definition) is 3. The molecule has 0 saturated heterocycles. The first-order chi connectivity index (χ1) is 17.4. The predicted molar refractivity (Wildman–Crippen MR) is 140 cm³/mol. The number of nitrogens with zero attached hydrogens (tertiary/aromatic N) is 4. The van der Waals surface area contributed by atoms with Crippen LogP contribution < -0.4 is 0 Å². The highest BCUT2D eigenvalue weighted by Gasteiger charge is 2.31. The second-order valence-corrected chi connectivity index (χ2v) is 9.67. The third-order valence-corrected chi connectivity index (χ3v) is 7.96. The van der Waals surface area contributed by atoms with Gasteiger partial charge in [0.1, 0.15) is 11.3 Å². The molecule has 4 nitrogen and oxygen atoms in total. The number of rotatable bonds is 0. The summed E-state index contributed by atoms with van der Waals surface area (Å²) in [5, 5.41) is 3.30. The molecule has 3 aromatic carbocycles. The van der Waals surface area contributed by atoms with Gasteiger partial charge in [-0.1, -0.05) is 42.5 Å². The Morgan fingerprint density at radius 2 is 1.49 bits per heavy atom. The number of imidazole rings is 1. The van der Waals surface area contributed by atoms with Crippen molar-refractivity contribution in [2.45, 2.75) is 12.8 Å². The molecule has 0 bridgehead atoms. The fourth-order valence-electron chi connectivity index (χ4n) is 6.54. The van der Waals surface area contributed by atoms with Crippen LogP contribution >= 0.6 is 0 Å². The Balaban J connectivity index is 1.45. The maximum absolute atomic E-state index is 5.14. The molecule has 0 spiro atoms. The van der Waals surface area contributed by atoms with E-state index < -0.39 is 0 Å². The van der Waals surface area contributed by atoms with Crippen molar-refractivity contribution in [2.24, 2.45) is 0 Å². The second kappa shape index (κ2) is 6.10. The Hall–Kier alpha value is -4.57. The average molecular weight is 447 g/mol. The van der Waals surface area contributed by atoms with Crippen molar-refractivity contribution in [3.05, 3.63) is 108 Å². The minimum absolute atomic E-state index is 0.911. The molecule has 0 saturated carbocycles. The number of aromatic nitrogens is 4. The first-order valence-electron chi connectivity index (χ1n) is 12.0. The molecule has 0 aliphatic heterocycles. The van der Waals surface area contributed by atoms with Crippen LogP contribution in [0.1, 0.15) is 22.3 Å². The molecule has 0 fully saturated rings. The molecule has 4 aromatic heterocycles. The molecule has 0 N–H and O–H groups in total. The van der Waals surface area contributed by atoms with Crippen molar-refractivity contribution in [3.63, 3.8) is 0 Å². The summed E-state index contributed by atoms with van der Waals surface area (Å²) in [5.74, 6) is 0. The quantitative estimate of drug-likeness (QED) is 0.243. The van der Waals surface area contributed by atoms with Gasteiger partial charge in [0, 0.05) is 41.2 Å². The number of benzene rings is 3. The van der Waals surface area contributed by atoms with E-state index in [1.165, 1.54) is 50.0 Å². The molecular weight excluding hydrogens is 428 g/mol. The number of pyridine rings is 3. The van der Waals surface area contributed by atoms with E-state index in [1.54, 1.807) is 0 Å². The lowest BCUT2D eigenvalue weighted by Gasteiger charge is -2.11. The average Bonchev–Trinajstić information content (AvgIpc) is 3.59. The van der Waals surface area contributed by atoms with E-state index in [1.807, 2.05) is 24.7 Å². The maximum Gasteiger partial charge on any atom is 0.147 e. The SMILES string of the molecule is c1ccc2c(c1)Cc1ccc3c(c1-2)-c1ccc2nc4c5ccncc5c5cccnc5n4c2c1C3. The second-order valence-electron chi connectivity index (χ2n) is 9.67. The Bertz CT molecular complexity index is 2070. The lowest BCUT2D eigenvalue weighted by Crippen LogP contribution is -1.96. The summed E-state index contributed by atoms with van der Waals surface area (Å²) in [6, 6.07) is 24.2. The fraction of sp³-hybridized carbons (Fsp3) is 0.0645. The van der Waals surface area contributed by atoms with Crippen LogP contribution in [0.4, 0.5) is 0 Å². The van der Waals surface area contributed by atoms with Crippen molar-refractivity contribution in [3.8, 4) is 22.3 Å². The standard InChI is InChI=1S/C31H18N4/c1-2-5-20-17(4-1)14-18-7-8-19-15-24-21(28(19)27(18)20)9-10-26-29(24)35-30-22(6-3-12-33-30)25-16-32-13-11-23(25)31(35)34-26/h1-13,16H,14-15H2. The third-order valence-electron chi connectivity index (χ3n) is 7.96. The largest absolute Gasteiger partial charge is 0.275 e. The van der Waals surface area contributed by atoms with Gasteiger partial charge in [-0.05, 0) is 75.2 Å². The van der Waals surface area contributed by atoms with Gasteiger partial charge in [-0.15, -0.1) is 0 Å². The van der Waals surface area contributed by atoms with Gasteiger partial charge in [-0.25, -0.2) is 9.97 Å². The highest BCUT2D eigenvalue weighted by atomic mass is 15.1. The predicted octanol–water partition coefficient (Wildman–Crippen LogP) is 6.73. The van der Waals surface area contributed by atoms with Crippen molar-refractivity contribution in [1.29, 1.82) is 0 Å². The van der Waals surface area contributed by atoms with Crippen LogP contribution in [0.15, 0.2) is 85.3 Å². The zero-order chi connectivity index (χ0) is 22.7. The van der Waals surface area contributed by atoms with Crippen LogP contribution in [-0.4, -0.2) is 19.4 Å². The van der Waals surface area contributed by atoms with Crippen LogP contribution in [0.5, 0.6) is 0 Å². The first kappa shape index (κ1) is 17.8. The van der Waals surface area contributed by atoms with Gasteiger partial charge in [-0.3, -0.25) is 9.38 Å². The van der Waals surface area contributed by atoms with Gasteiger partial charge < -0.3 is 0 Å². The third kappa shape index (κ3) is 2.11. The molecule has 0 amide bonds. The molecule has 7 aromatic rings. The summed E-state index contributed by atoms with van der Waals surface area (Å²) >= 11 is 0. The van der Waals surface area contributed by atoms with Crippen molar-refractivity contribution in [1.82, 2.24) is 19.4 Å². The number of hydrogen-bond donors (Lipinski definition) is 0. The van der Waals surface area contributed by atoms with Gasteiger partial charge in [0.05, 0.1) is 11.0 Å². The summed E-state index contributed by atoms with van der Waals surface area (Å²) < 4.78 is 2.28. The van der Waals surface area contributed by atoms with Gasteiger partial charge in [0.2, 0.25) is 0 Å². The molecule has 4 heterocycles. The topological polar surface area (TPSA) is 43.1 Å². The van der Waals surface area contributed by atoms with Gasteiger partial charge in [0.25, 0.3) is 0 Å². The highest BCUT2D eigenvalue weighted by molar-refractivity contribution is 6.13. The Morgan fingerprint density at radius 1 is 0.629 bits per heavy atom. The monoisotopic (exact) mass is 446 g/mol. The Labute approximate surface area is 200 Å². The molecule has 35 heavy (non-hydrogen) atoms. The van der Waals surface area contributed by atoms with E-state index in [0.29, 0.717) is 0 Å². The van der Waals surface area contributed by atoms with E-state index in [-0.39, 0.29) is 0 Å². The summed E-state index contributed by atoms with van der Waals surface area (Å²) in [4.78, 5) is 14.4. The molecule has 4 heteroatoms. The van der Waals surface area contributed by atoms with Gasteiger partial charge >= 0.3 is 0 Å². The lowest BCUT2D eigenvalue weighted by molar-refractivity contribution is 1.20. The van der Waals surface area contributed by atoms with E-state index in [2.05, 4.69) is 70.0 Å². The van der Waals surface area contributed by atoms with Gasteiger partial charge in [-0.2, -0.15) is 0 Å². The Kier molecular flexibility index (Phi) is 3.11. The normalized spacial score (nSPS) is 13.5. The zero-order valence-electron chi connectivity index (χ0n) is 18.8. The summed E-state index contributed by atoms with van der Waals surface area (Å²) in [7, 11) is 0. The summed E-state index contributed by atoms with van der Waals surface area (Å²) in [6.07, 6.45) is 7.58. The van der Waals surface area contributed by atoms with Gasteiger partial charge in [0.15, 0.2) is 0 Å². The molecule has 0 radical (unpaired) electrons. The van der Waals surface area contributed by atoms with Crippen molar-refractivity contribution in [2.75, 3.05) is 0 Å². The first-order valence-corrected chi connectivity index (χ1v) is 12.0. The van der Waals surface area contributed by atoms with Crippen LogP contribution in [0.25, 0.3) is 60.7 Å². The highest BCUT2D eigenvalue weighted by Crippen LogP contribution is 2.50. The van der Waals surface area contributed by atoms with Crippen LogP contribution in [0.2, 0.25) is 0 Å². The van der Waals surface area contributed by atoms with Crippen LogP contribution in [-0.2, 0) is 12.8 Å². The maximum atomic E-state index is 5.14. The summed E-state index contributed by atoms with van der Waals surface area (Å²) in [6.45, 7) is 0. The molecule has 2 aliphatic carbocycles. The van der Waals surface area contributed by atoms with Crippen molar-refractivity contribution < 1.29 is 0 Å². The molecule has 0 atom stereocenters. The van der Waals surface area contributed by atoms with E-state index in [9.17, 15) is 0 Å². The molecular formula is C31H18N4. The number of fused-ring (bicyclic) bond motifs is 16. The molecule has 162 valence electrons. The van der Waals surface area contributed by atoms with Crippen LogP contribution in [0, 0.1) is 0 Å². The summed E-state index contributed by atoms with van der Waals surface area (Å²) in [5.41, 5.74) is 15.2. The zero-order valence-corrected chi connectivity index (χ0v) is 18.8. The molecule has 2 aliphatic rings. The van der Waals surface area contributed by atoms with E-state index in [4.69, 9.17) is 9.97 Å². The fourth-order valence-corrected chi connectivity index (χ4v) is 6.54. The van der Waals surface area contributed by atoms with E-state index >= 15 is 0 Å². The molecule has 9 rings (SSSR count). The van der Waals surface area contributed by atoms with Crippen LogP contribution in [0.3, 0.4) is 0 Å². The minimum atomic E-state index is 0.911.